The van der Waals surface area contributed by atoms with E-state index in [1.807, 2.05) is 6.08 Å². The molecule has 0 N–H and O–H groups in total. The number of hydrogen-bond acceptors (Lipinski definition) is 1. The monoisotopic (exact) mass is 248 g/mol. The highest BCUT2D eigenvalue weighted by atomic mass is 16.6. The van der Waals surface area contributed by atoms with Crippen LogP contribution in [-0.2, 0) is 4.74 Å². The molecule has 0 aromatic heterocycles. The quantitative estimate of drug-likeness (QED) is 0.278. The predicted molar refractivity (Wildman–Crippen MR) is 79.7 cm³/mol. The number of epoxide rings is 1. The molecule has 1 rings (SSSR count). The molecule has 0 spiro atoms. The van der Waals surface area contributed by atoms with Crippen LogP contribution in [0.1, 0.15) is 58.3 Å². The molecule has 0 bridgehead atoms. The van der Waals surface area contributed by atoms with E-state index in [0.29, 0.717) is 12.2 Å². The van der Waals surface area contributed by atoms with E-state index in [1.54, 1.807) is 0 Å². The molecular weight excluding hydrogens is 220 g/mol. The zero-order chi connectivity index (χ0) is 13.1. The Balaban J connectivity index is 1.90. The largest absolute Gasteiger partial charge is 0.369 e. The van der Waals surface area contributed by atoms with Crippen molar-refractivity contribution in [2.24, 2.45) is 0 Å². The summed E-state index contributed by atoms with van der Waals surface area (Å²) in [7, 11) is 0. The summed E-state index contributed by atoms with van der Waals surface area (Å²) in [4.78, 5) is 0. The predicted octanol–water partition coefficient (Wildman–Crippen LogP) is 5.19. The summed E-state index contributed by atoms with van der Waals surface area (Å²) in [6.07, 6.45) is 21.6. The Labute approximate surface area is 113 Å². The number of unbranched alkanes of at least 4 members (excludes halogenated alkanes) is 3. The molecule has 2 atom stereocenters. The zero-order valence-corrected chi connectivity index (χ0v) is 11.8. The molecule has 1 aliphatic rings. The molecule has 1 heterocycles. The van der Waals surface area contributed by atoms with Crippen molar-refractivity contribution in [1.82, 2.24) is 0 Å². The summed E-state index contributed by atoms with van der Waals surface area (Å²) in [6, 6.07) is 0. The molecule has 0 saturated carbocycles. The van der Waals surface area contributed by atoms with Gasteiger partial charge >= 0.3 is 0 Å². The molecule has 1 saturated heterocycles. The van der Waals surface area contributed by atoms with Gasteiger partial charge in [-0.1, -0.05) is 50.1 Å². The van der Waals surface area contributed by atoms with Crippen molar-refractivity contribution < 1.29 is 4.74 Å². The van der Waals surface area contributed by atoms with Gasteiger partial charge in [-0.05, 0) is 38.5 Å². The Bertz CT molecular complexity index is 265. The lowest BCUT2D eigenvalue weighted by Gasteiger charge is -1.95. The first kappa shape index (κ1) is 15.2. The van der Waals surface area contributed by atoms with Gasteiger partial charge in [-0.3, -0.25) is 0 Å². The van der Waals surface area contributed by atoms with Gasteiger partial charge in [-0.25, -0.2) is 0 Å². The first-order valence-electron chi connectivity index (χ1n) is 7.44. The van der Waals surface area contributed by atoms with Gasteiger partial charge in [0.2, 0.25) is 0 Å². The number of rotatable bonds is 11. The van der Waals surface area contributed by atoms with Gasteiger partial charge < -0.3 is 4.74 Å². The second kappa shape index (κ2) is 10.1. The van der Waals surface area contributed by atoms with Crippen LogP contribution in [-0.4, -0.2) is 12.2 Å². The fraction of sp³-hybridized carbons (Fsp3) is 0.647. The first-order valence-corrected chi connectivity index (χ1v) is 7.44. The lowest BCUT2D eigenvalue weighted by atomic mass is 10.1. The van der Waals surface area contributed by atoms with Crippen LogP contribution in [0.5, 0.6) is 0 Å². The third-order valence-electron chi connectivity index (χ3n) is 3.29. The Morgan fingerprint density at radius 3 is 2.61 bits per heavy atom. The van der Waals surface area contributed by atoms with Crippen molar-refractivity contribution in [3.63, 3.8) is 0 Å². The van der Waals surface area contributed by atoms with E-state index in [9.17, 15) is 0 Å². The minimum absolute atomic E-state index is 0.510. The molecule has 1 nitrogen and oxygen atoms in total. The van der Waals surface area contributed by atoms with Crippen LogP contribution in [0, 0.1) is 0 Å². The molecule has 1 heteroatoms. The number of allylic oxidation sites excluding steroid dienone is 4. The maximum Gasteiger partial charge on any atom is 0.0876 e. The standard InChI is InChI=1S/C17H28O/c1-3-5-7-9-11-13-15-17-16(18-17)14-12-10-8-6-4-2/h4-5,7,11,13,16-17H,2-3,6,8-10,12,14-15H2,1H3/b7-5-,13-11-/t16-,17-/m1/s1. The summed E-state index contributed by atoms with van der Waals surface area (Å²) < 4.78 is 5.66. The van der Waals surface area contributed by atoms with Crippen LogP contribution in [0.25, 0.3) is 0 Å². The SMILES string of the molecule is C=CCCCCC[C@H]1O[C@@H]1C/C=C\C/C=C\CC. The van der Waals surface area contributed by atoms with Crippen molar-refractivity contribution in [2.75, 3.05) is 0 Å². The van der Waals surface area contributed by atoms with E-state index in [1.165, 1.54) is 25.7 Å². The van der Waals surface area contributed by atoms with Gasteiger partial charge in [-0.15, -0.1) is 6.58 Å². The molecule has 18 heavy (non-hydrogen) atoms. The smallest absolute Gasteiger partial charge is 0.0876 e. The number of hydrogen-bond donors (Lipinski definition) is 0. The Morgan fingerprint density at radius 2 is 1.83 bits per heavy atom. The second-order valence-corrected chi connectivity index (χ2v) is 4.96. The van der Waals surface area contributed by atoms with Crippen LogP contribution in [0.2, 0.25) is 0 Å². The van der Waals surface area contributed by atoms with Gasteiger partial charge in [0.25, 0.3) is 0 Å². The molecule has 0 radical (unpaired) electrons. The van der Waals surface area contributed by atoms with Crippen LogP contribution in [0.3, 0.4) is 0 Å². The Kier molecular flexibility index (Phi) is 8.58. The molecule has 0 aliphatic carbocycles. The molecule has 1 aliphatic heterocycles. The molecule has 1 fully saturated rings. The second-order valence-electron chi connectivity index (χ2n) is 4.96. The van der Waals surface area contributed by atoms with Crippen molar-refractivity contribution in [1.29, 1.82) is 0 Å². The van der Waals surface area contributed by atoms with Gasteiger partial charge in [0.05, 0.1) is 12.2 Å². The van der Waals surface area contributed by atoms with E-state index in [4.69, 9.17) is 4.74 Å². The molecule has 0 amide bonds. The highest BCUT2D eigenvalue weighted by Gasteiger charge is 2.36. The highest BCUT2D eigenvalue weighted by molar-refractivity contribution is 4.97. The molecule has 0 aromatic rings. The average molecular weight is 248 g/mol. The maximum absolute atomic E-state index is 5.66. The zero-order valence-electron chi connectivity index (χ0n) is 11.8. The lowest BCUT2D eigenvalue weighted by molar-refractivity contribution is 0.359. The maximum atomic E-state index is 5.66. The van der Waals surface area contributed by atoms with Crippen LogP contribution >= 0.6 is 0 Å². The molecule has 102 valence electrons. The third kappa shape index (κ3) is 7.50. The van der Waals surface area contributed by atoms with Gasteiger partial charge in [0.1, 0.15) is 0 Å². The van der Waals surface area contributed by atoms with Crippen molar-refractivity contribution >= 4 is 0 Å². The van der Waals surface area contributed by atoms with Gasteiger partial charge in [0, 0.05) is 0 Å². The molecule has 0 aromatic carbocycles. The summed E-state index contributed by atoms with van der Waals surface area (Å²) in [5, 5.41) is 0. The van der Waals surface area contributed by atoms with Crippen LogP contribution in [0.15, 0.2) is 37.0 Å². The van der Waals surface area contributed by atoms with Gasteiger partial charge in [-0.2, -0.15) is 0 Å². The summed E-state index contributed by atoms with van der Waals surface area (Å²) in [5.74, 6) is 0. The lowest BCUT2D eigenvalue weighted by Crippen LogP contribution is -1.92. The highest BCUT2D eigenvalue weighted by Crippen LogP contribution is 2.30. The van der Waals surface area contributed by atoms with E-state index >= 15 is 0 Å². The average Bonchev–Trinajstić information content (AvgIpc) is 3.12. The normalized spacial score (nSPS) is 22.9. The topological polar surface area (TPSA) is 12.5 Å². The summed E-state index contributed by atoms with van der Waals surface area (Å²) in [6.45, 7) is 5.91. The minimum Gasteiger partial charge on any atom is -0.369 e. The number of ether oxygens (including phenoxy) is 1. The van der Waals surface area contributed by atoms with Crippen molar-refractivity contribution in [3.05, 3.63) is 37.0 Å². The Hall–Kier alpha value is -0.820. The van der Waals surface area contributed by atoms with Crippen LogP contribution < -0.4 is 0 Å². The molecule has 0 unspecified atom stereocenters. The van der Waals surface area contributed by atoms with E-state index in [0.717, 1.165) is 25.7 Å². The van der Waals surface area contributed by atoms with Crippen molar-refractivity contribution in [3.8, 4) is 0 Å². The van der Waals surface area contributed by atoms with E-state index in [-0.39, 0.29) is 0 Å². The third-order valence-corrected chi connectivity index (χ3v) is 3.29. The van der Waals surface area contributed by atoms with E-state index < -0.39 is 0 Å². The molecular formula is C17H28O. The first-order chi connectivity index (χ1) is 8.88. The Morgan fingerprint density at radius 1 is 1.00 bits per heavy atom. The summed E-state index contributed by atoms with van der Waals surface area (Å²) >= 11 is 0. The van der Waals surface area contributed by atoms with Crippen molar-refractivity contribution in [2.45, 2.75) is 70.5 Å². The fourth-order valence-corrected chi connectivity index (χ4v) is 2.12. The van der Waals surface area contributed by atoms with Gasteiger partial charge in [0.15, 0.2) is 0 Å². The summed E-state index contributed by atoms with van der Waals surface area (Å²) in [5.41, 5.74) is 0. The van der Waals surface area contributed by atoms with Crippen LogP contribution in [0.4, 0.5) is 0 Å². The fourth-order valence-electron chi connectivity index (χ4n) is 2.12. The van der Waals surface area contributed by atoms with E-state index in [2.05, 4.69) is 37.8 Å². The minimum atomic E-state index is 0.510.